The van der Waals surface area contributed by atoms with Gasteiger partial charge in [-0.05, 0) is 67.3 Å². The number of thiophene rings is 1. The number of benzene rings is 3. The van der Waals surface area contributed by atoms with Gasteiger partial charge in [0.1, 0.15) is 35.0 Å². The zero-order valence-electron chi connectivity index (χ0n) is 29.0. The molecule has 10 nitrogen and oxygen atoms in total. The van der Waals surface area contributed by atoms with Gasteiger partial charge in [-0.15, -0.1) is 17.3 Å². The fourth-order valence-electron chi connectivity index (χ4n) is 5.79. The fraction of sp³-hybridized carbons (Fsp3) is 0.225. The van der Waals surface area contributed by atoms with Gasteiger partial charge in [-0.25, -0.2) is 24.7 Å². The molecule has 6 aromatic rings. The summed E-state index contributed by atoms with van der Waals surface area (Å²) in [5, 5.41) is 11.2. The minimum atomic E-state index is -1.10. The number of rotatable bonds is 13. The number of halogens is 1. The Bertz CT molecular complexity index is 2300. The van der Waals surface area contributed by atoms with Gasteiger partial charge in [0.15, 0.2) is 5.82 Å². The van der Waals surface area contributed by atoms with Gasteiger partial charge in [-0.1, -0.05) is 60.8 Å². The van der Waals surface area contributed by atoms with Crippen molar-refractivity contribution in [3.05, 3.63) is 106 Å². The molecule has 3 aromatic heterocycles. The van der Waals surface area contributed by atoms with Gasteiger partial charge in [0, 0.05) is 18.2 Å². The standard InChI is InChI=1S/C40H35ClN4O6S/c1-5-12-33-34(27-17-18-29(46)36(41)26(27)6-2)35-38(43-23-44-39(35)52-33)51-32(40(47)49-7-3)21-24-13-8-10-15-30(24)50-22-25-19-20-42-37(45-25)28-14-9-11-16-31(28)48-4/h8-11,13-20,23,32,46H,6-7,21-22H2,1-4H3. The summed E-state index contributed by atoms with van der Waals surface area (Å²) in [6.45, 7) is 5.75. The molecule has 0 saturated heterocycles. The van der Waals surface area contributed by atoms with Crippen molar-refractivity contribution in [2.24, 2.45) is 0 Å². The van der Waals surface area contributed by atoms with Crippen LogP contribution in [0.5, 0.6) is 23.1 Å². The number of aromatic hydroxyl groups is 1. The lowest BCUT2D eigenvalue weighted by molar-refractivity contribution is -0.151. The molecule has 3 aromatic carbocycles. The van der Waals surface area contributed by atoms with E-state index in [4.69, 9.17) is 35.5 Å². The lowest BCUT2D eigenvalue weighted by Gasteiger charge is -2.20. The van der Waals surface area contributed by atoms with Crippen molar-refractivity contribution < 1.29 is 28.8 Å². The summed E-state index contributed by atoms with van der Waals surface area (Å²) in [5.41, 5.74) is 4.35. The van der Waals surface area contributed by atoms with Crippen molar-refractivity contribution in [1.82, 2.24) is 19.9 Å². The molecule has 0 spiro atoms. The summed E-state index contributed by atoms with van der Waals surface area (Å²) in [6, 6.07) is 20.1. The van der Waals surface area contributed by atoms with Crippen LogP contribution in [0.2, 0.25) is 5.02 Å². The largest absolute Gasteiger partial charge is 0.506 e. The van der Waals surface area contributed by atoms with E-state index in [0.29, 0.717) is 50.8 Å². The Kier molecular flexibility index (Phi) is 11.5. The number of ether oxygens (including phenoxy) is 4. The average molecular weight is 735 g/mol. The third-order valence-corrected chi connectivity index (χ3v) is 9.59. The van der Waals surface area contributed by atoms with E-state index in [0.717, 1.165) is 21.6 Å². The van der Waals surface area contributed by atoms with Crippen LogP contribution in [0.3, 0.4) is 0 Å². The number of phenolic OH excluding ortho intramolecular Hbond substituents is 1. The number of hydrogen-bond donors (Lipinski definition) is 1. The first-order valence-electron chi connectivity index (χ1n) is 16.6. The summed E-state index contributed by atoms with van der Waals surface area (Å²) >= 11 is 7.97. The second-order valence-corrected chi connectivity index (χ2v) is 12.7. The number of esters is 1. The molecule has 0 aliphatic rings. The number of carbonyl (C=O) groups excluding carboxylic acids is 1. The molecule has 0 bridgehead atoms. The van der Waals surface area contributed by atoms with Gasteiger partial charge in [0.05, 0.1) is 40.3 Å². The highest BCUT2D eigenvalue weighted by Gasteiger charge is 2.29. The Labute approximate surface area is 310 Å². The van der Waals surface area contributed by atoms with E-state index in [1.165, 1.54) is 17.7 Å². The number of phenols is 1. The van der Waals surface area contributed by atoms with Crippen LogP contribution in [-0.2, 0) is 29.0 Å². The molecule has 0 aliphatic carbocycles. The number of carbonyl (C=O) groups is 1. The molecular formula is C40H35ClN4O6S. The lowest BCUT2D eigenvalue weighted by Crippen LogP contribution is -2.32. The second kappa shape index (κ2) is 16.5. The van der Waals surface area contributed by atoms with Crippen LogP contribution in [0.25, 0.3) is 32.7 Å². The summed E-state index contributed by atoms with van der Waals surface area (Å²) in [5.74, 6) is 7.50. The van der Waals surface area contributed by atoms with E-state index in [9.17, 15) is 9.90 Å². The monoisotopic (exact) mass is 734 g/mol. The van der Waals surface area contributed by atoms with E-state index in [2.05, 4.69) is 26.8 Å². The van der Waals surface area contributed by atoms with Crippen LogP contribution in [0.4, 0.5) is 0 Å². The first kappa shape index (κ1) is 36.1. The molecule has 12 heteroatoms. The van der Waals surface area contributed by atoms with Gasteiger partial charge in [-0.3, -0.25) is 0 Å². The zero-order valence-corrected chi connectivity index (χ0v) is 30.5. The van der Waals surface area contributed by atoms with Crippen LogP contribution < -0.4 is 14.2 Å². The van der Waals surface area contributed by atoms with Crippen molar-refractivity contribution in [3.8, 4) is 57.5 Å². The predicted molar refractivity (Wildman–Crippen MR) is 201 cm³/mol. The Balaban J connectivity index is 1.34. The molecule has 0 amide bonds. The van der Waals surface area contributed by atoms with Crippen molar-refractivity contribution in [2.45, 2.75) is 46.3 Å². The number of nitrogens with zero attached hydrogens (tertiary/aromatic N) is 4. The second-order valence-electron chi connectivity index (χ2n) is 11.3. The maximum Gasteiger partial charge on any atom is 0.347 e. The summed E-state index contributed by atoms with van der Waals surface area (Å²) in [7, 11) is 1.61. The third-order valence-electron chi connectivity index (χ3n) is 8.16. The summed E-state index contributed by atoms with van der Waals surface area (Å²) in [4.78, 5) is 33.0. The van der Waals surface area contributed by atoms with E-state index < -0.39 is 12.1 Å². The quantitative estimate of drug-likeness (QED) is 0.0916. The number of hydrogen-bond acceptors (Lipinski definition) is 11. The van der Waals surface area contributed by atoms with Crippen LogP contribution in [0.15, 0.2) is 79.3 Å². The molecule has 3 heterocycles. The highest BCUT2D eigenvalue weighted by molar-refractivity contribution is 7.19. The van der Waals surface area contributed by atoms with Crippen molar-refractivity contribution in [2.75, 3.05) is 13.7 Å². The van der Waals surface area contributed by atoms with Gasteiger partial charge in [-0.2, -0.15) is 0 Å². The molecule has 0 radical (unpaired) electrons. The van der Waals surface area contributed by atoms with Crippen LogP contribution in [-0.4, -0.2) is 50.8 Å². The number of fused-ring (bicyclic) bond motifs is 1. The smallest absolute Gasteiger partial charge is 0.347 e. The molecule has 1 N–H and O–H groups in total. The van der Waals surface area contributed by atoms with E-state index >= 15 is 0 Å². The Morgan fingerprint density at radius 1 is 0.981 bits per heavy atom. The van der Waals surface area contributed by atoms with Crippen molar-refractivity contribution >= 4 is 39.1 Å². The molecule has 1 unspecified atom stereocenters. The SMILES string of the molecule is CC#Cc1sc2ncnc(OC(Cc3ccccc3OCc3ccnc(-c4ccccc4OC)n3)C(=O)OCC)c2c1-c1ccc(O)c(Cl)c1CC. The maximum atomic E-state index is 13.5. The molecule has 0 fully saturated rings. The van der Waals surface area contributed by atoms with Gasteiger partial charge in [0.2, 0.25) is 12.0 Å². The predicted octanol–water partition coefficient (Wildman–Crippen LogP) is 8.25. The lowest BCUT2D eigenvalue weighted by atomic mass is 9.96. The maximum absolute atomic E-state index is 13.5. The van der Waals surface area contributed by atoms with Gasteiger partial charge in [0.25, 0.3) is 0 Å². The molecule has 264 valence electrons. The Morgan fingerprint density at radius 3 is 2.54 bits per heavy atom. The zero-order chi connectivity index (χ0) is 36.6. The first-order valence-corrected chi connectivity index (χ1v) is 17.8. The van der Waals surface area contributed by atoms with Gasteiger partial charge >= 0.3 is 5.97 Å². The van der Waals surface area contributed by atoms with E-state index in [-0.39, 0.29) is 36.3 Å². The number of para-hydroxylation sites is 2. The number of methoxy groups -OCH3 is 1. The normalized spacial score (nSPS) is 11.4. The molecule has 1 atom stereocenters. The molecule has 0 aliphatic heterocycles. The minimum absolute atomic E-state index is 0.0162. The highest BCUT2D eigenvalue weighted by Crippen LogP contribution is 2.45. The summed E-state index contributed by atoms with van der Waals surface area (Å²) < 4.78 is 23.8. The first-order chi connectivity index (χ1) is 25.4. The minimum Gasteiger partial charge on any atom is -0.506 e. The van der Waals surface area contributed by atoms with E-state index in [1.807, 2.05) is 55.5 Å². The van der Waals surface area contributed by atoms with E-state index in [1.54, 1.807) is 45.4 Å². The van der Waals surface area contributed by atoms with Crippen LogP contribution in [0.1, 0.15) is 42.5 Å². The van der Waals surface area contributed by atoms with Gasteiger partial charge < -0.3 is 24.1 Å². The molecular weight excluding hydrogens is 700 g/mol. The fourth-order valence-corrected chi connectivity index (χ4v) is 7.14. The molecule has 52 heavy (non-hydrogen) atoms. The molecule has 0 saturated carbocycles. The average Bonchev–Trinajstić information content (AvgIpc) is 3.54. The highest BCUT2D eigenvalue weighted by atomic mass is 35.5. The Hall–Kier alpha value is -5.70. The summed E-state index contributed by atoms with van der Waals surface area (Å²) in [6.07, 6.45) is 2.64. The Morgan fingerprint density at radius 2 is 1.77 bits per heavy atom. The molecule has 6 rings (SSSR count). The topological polar surface area (TPSA) is 126 Å². The third kappa shape index (κ3) is 7.64. The van der Waals surface area contributed by atoms with Crippen LogP contribution >= 0.6 is 22.9 Å². The van der Waals surface area contributed by atoms with Crippen LogP contribution in [0, 0.1) is 11.8 Å². The number of aromatic nitrogens is 4. The van der Waals surface area contributed by atoms with Crippen molar-refractivity contribution in [1.29, 1.82) is 0 Å². The van der Waals surface area contributed by atoms with Crippen molar-refractivity contribution in [3.63, 3.8) is 0 Å².